The van der Waals surface area contributed by atoms with Gasteiger partial charge in [-0.15, -0.1) is 0 Å². The van der Waals surface area contributed by atoms with Crippen molar-refractivity contribution in [3.05, 3.63) is 52.7 Å². The zero-order valence-electron chi connectivity index (χ0n) is 11.6. The lowest BCUT2D eigenvalue weighted by atomic mass is 10.2. The second-order valence-electron chi connectivity index (χ2n) is 4.61. The number of aliphatic imine (C=N–C) groups is 1. The van der Waals surface area contributed by atoms with E-state index in [0.717, 1.165) is 23.5 Å². The molecule has 23 heavy (non-hydrogen) atoms. The predicted molar refractivity (Wildman–Crippen MR) is 86.7 cm³/mol. The smallest absolute Gasteiger partial charge is 0.338 e. The Kier molecular flexibility index (Phi) is 3.90. The van der Waals surface area contributed by atoms with Gasteiger partial charge in [-0.1, -0.05) is 0 Å². The van der Waals surface area contributed by atoms with Crippen LogP contribution in [0.25, 0.3) is 6.08 Å². The lowest BCUT2D eigenvalue weighted by Crippen LogP contribution is -2.19. The van der Waals surface area contributed by atoms with E-state index in [1.54, 1.807) is 12.3 Å². The second-order valence-corrected chi connectivity index (χ2v) is 5.64. The molecule has 3 rings (SSSR count). The maximum atomic E-state index is 11.9. The Labute approximate surface area is 134 Å². The van der Waals surface area contributed by atoms with Crippen LogP contribution in [0.3, 0.4) is 0 Å². The van der Waals surface area contributed by atoms with Crippen molar-refractivity contribution in [2.45, 2.75) is 0 Å². The van der Waals surface area contributed by atoms with Crippen molar-refractivity contribution in [3.63, 3.8) is 0 Å². The number of amides is 1. The molecule has 1 saturated heterocycles. The number of phenols is 1. The molecule has 0 unspecified atom stereocenters. The van der Waals surface area contributed by atoms with Crippen LogP contribution >= 0.6 is 11.8 Å². The first kappa shape index (κ1) is 14.9. The number of amidine groups is 1. The van der Waals surface area contributed by atoms with Crippen molar-refractivity contribution in [3.8, 4) is 5.75 Å². The molecule has 7 nitrogen and oxygen atoms in total. The summed E-state index contributed by atoms with van der Waals surface area (Å²) in [7, 11) is 0. The number of carboxylic acid groups (broad SMARTS) is 1. The van der Waals surface area contributed by atoms with Crippen LogP contribution in [-0.2, 0) is 4.79 Å². The van der Waals surface area contributed by atoms with Gasteiger partial charge in [0.15, 0.2) is 5.17 Å². The highest BCUT2D eigenvalue weighted by molar-refractivity contribution is 8.18. The first-order valence-corrected chi connectivity index (χ1v) is 7.34. The van der Waals surface area contributed by atoms with E-state index in [1.165, 1.54) is 12.1 Å². The molecule has 116 valence electrons. The molecule has 0 spiro atoms. The molecule has 0 saturated carbocycles. The van der Waals surface area contributed by atoms with E-state index < -0.39 is 5.97 Å². The Morgan fingerprint density at radius 2 is 2.13 bits per heavy atom. The normalized spacial score (nSPS) is 17.7. The number of carbonyl (C=O) groups is 2. The first-order chi connectivity index (χ1) is 11.0. The number of rotatable bonds is 3. The van der Waals surface area contributed by atoms with Crippen LogP contribution in [0.15, 0.2) is 46.4 Å². The number of carbonyl (C=O) groups excluding carboxylic acids is 1. The van der Waals surface area contributed by atoms with Gasteiger partial charge in [0, 0.05) is 11.9 Å². The highest BCUT2D eigenvalue weighted by Gasteiger charge is 2.24. The number of phenolic OH excluding ortho intramolecular Hbond substituents is 1. The number of hydrogen-bond donors (Lipinski definition) is 4. The minimum absolute atomic E-state index is 0.144. The van der Waals surface area contributed by atoms with Crippen molar-refractivity contribution in [2.75, 3.05) is 0 Å². The fourth-order valence-corrected chi connectivity index (χ4v) is 2.78. The summed E-state index contributed by atoms with van der Waals surface area (Å²) in [5.74, 6) is -1.68. The lowest BCUT2D eigenvalue weighted by molar-refractivity contribution is -0.115. The topological polar surface area (TPSA) is 115 Å². The number of aromatic carboxylic acids is 1. The Hall–Kier alpha value is -3.00. The molecule has 2 aromatic rings. The number of aromatic hydroxyl groups is 1. The van der Waals surface area contributed by atoms with Gasteiger partial charge in [0.05, 0.1) is 16.2 Å². The summed E-state index contributed by atoms with van der Waals surface area (Å²) in [6.45, 7) is 0. The van der Waals surface area contributed by atoms with Gasteiger partial charge in [0.25, 0.3) is 5.91 Å². The second kappa shape index (κ2) is 6.01. The molecule has 0 aliphatic carbocycles. The highest BCUT2D eigenvalue weighted by atomic mass is 32.2. The van der Waals surface area contributed by atoms with Crippen molar-refractivity contribution in [2.24, 2.45) is 4.99 Å². The van der Waals surface area contributed by atoms with E-state index in [-0.39, 0.29) is 28.1 Å². The Morgan fingerprint density at radius 3 is 2.83 bits per heavy atom. The fourth-order valence-electron chi connectivity index (χ4n) is 1.96. The van der Waals surface area contributed by atoms with Crippen LogP contribution in [0, 0.1) is 0 Å². The number of aromatic nitrogens is 1. The minimum atomic E-state index is -1.21. The quantitative estimate of drug-likeness (QED) is 0.645. The fraction of sp³-hybridized carbons (Fsp3) is 0. The van der Waals surface area contributed by atoms with E-state index >= 15 is 0 Å². The maximum Gasteiger partial charge on any atom is 0.338 e. The maximum absolute atomic E-state index is 11.9. The average Bonchev–Trinajstić information content (AvgIpc) is 3.12. The molecular formula is C15H11N3O4S. The average molecular weight is 329 g/mol. The molecule has 1 fully saturated rings. The zero-order chi connectivity index (χ0) is 16.4. The minimum Gasteiger partial charge on any atom is -0.508 e. The number of H-pyrrole nitrogens is 1. The first-order valence-electron chi connectivity index (χ1n) is 6.52. The summed E-state index contributed by atoms with van der Waals surface area (Å²) < 4.78 is 0. The molecule has 0 atom stereocenters. The van der Waals surface area contributed by atoms with Crippen LogP contribution in [0.1, 0.15) is 16.1 Å². The molecular weight excluding hydrogens is 318 g/mol. The van der Waals surface area contributed by atoms with Crippen molar-refractivity contribution in [1.82, 2.24) is 10.3 Å². The Balaban J connectivity index is 1.91. The monoisotopic (exact) mass is 329 g/mol. The number of benzene rings is 1. The van der Waals surface area contributed by atoms with Gasteiger partial charge in [-0.25, -0.2) is 9.79 Å². The number of aromatic amines is 1. The summed E-state index contributed by atoms with van der Waals surface area (Å²) in [4.78, 5) is 30.7. The summed E-state index contributed by atoms with van der Waals surface area (Å²) in [5.41, 5.74) is 0.785. The zero-order valence-corrected chi connectivity index (χ0v) is 12.4. The molecule has 1 aliphatic heterocycles. The van der Waals surface area contributed by atoms with E-state index in [1.807, 2.05) is 12.1 Å². The van der Waals surface area contributed by atoms with Crippen LogP contribution in [-0.4, -0.2) is 32.2 Å². The summed E-state index contributed by atoms with van der Waals surface area (Å²) in [6, 6.07) is 7.46. The number of carboxylic acids is 1. The standard InChI is InChI=1S/C15H11N3O4S/c19-9-3-4-11(10(7-9)14(21)22)17-15-18-13(20)12(23-15)6-8-2-1-5-16-8/h1-7,16,19H,(H,21,22)(H,17,18,20)/b12-6-. The van der Waals surface area contributed by atoms with E-state index in [0.29, 0.717) is 4.91 Å². The molecule has 1 amide bonds. The van der Waals surface area contributed by atoms with E-state index in [4.69, 9.17) is 5.11 Å². The highest BCUT2D eigenvalue weighted by Crippen LogP contribution is 2.30. The van der Waals surface area contributed by atoms with Gasteiger partial charge in [-0.2, -0.15) is 0 Å². The SMILES string of the molecule is O=C1NC(=Nc2ccc(O)cc2C(=O)O)S/C1=C\c1ccc[nH]1. The van der Waals surface area contributed by atoms with Gasteiger partial charge >= 0.3 is 5.97 Å². The molecule has 4 N–H and O–H groups in total. The summed E-state index contributed by atoms with van der Waals surface area (Å²) in [5, 5.41) is 21.4. The van der Waals surface area contributed by atoms with E-state index in [9.17, 15) is 14.7 Å². The third kappa shape index (κ3) is 3.27. The summed E-state index contributed by atoms with van der Waals surface area (Å²) in [6.07, 6.45) is 3.42. The Morgan fingerprint density at radius 1 is 1.30 bits per heavy atom. The van der Waals surface area contributed by atoms with Crippen molar-refractivity contribution in [1.29, 1.82) is 0 Å². The summed E-state index contributed by atoms with van der Waals surface area (Å²) >= 11 is 1.11. The predicted octanol–water partition coefficient (Wildman–Crippen LogP) is 2.31. The molecule has 1 aliphatic rings. The molecule has 0 radical (unpaired) electrons. The van der Waals surface area contributed by atoms with Gasteiger partial charge in [-0.3, -0.25) is 4.79 Å². The molecule has 1 aromatic carbocycles. The Bertz CT molecular complexity index is 840. The number of hydrogen-bond acceptors (Lipinski definition) is 5. The molecule has 1 aromatic heterocycles. The lowest BCUT2D eigenvalue weighted by Gasteiger charge is -2.02. The van der Waals surface area contributed by atoms with Gasteiger partial charge < -0.3 is 20.5 Å². The van der Waals surface area contributed by atoms with Crippen LogP contribution < -0.4 is 5.32 Å². The number of nitrogens with one attached hydrogen (secondary N) is 2. The van der Waals surface area contributed by atoms with Gasteiger partial charge in [-0.05, 0) is 48.2 Å². The van der Waals surface area contributed by atoms with Crippen LogP contribution in [0.2, 0.25) is 0 Å². The number of thioether (sulfide) groups is 1. The van der Waals surface area contributed by atoms with Gasteiger partial charge in [0.2, 0.25) is 0 Å². The van der Waals surface area contributed by atoms with Crippen molar-refractivity contribution >= 4 is 40.6 Å². The third-order valence-corrected chi connectivity index (χ3v) is 3.90. The molecule has 8 heteroatoms. The van der Waals surface area contributed by atoms with E-state index in [2.05, 4.69) is 15.3 Å². The van der Waals surface area contributed by atoms with Gasteiger partial charge in [0.1, 0.15) is 5.75 Å². The van der Waals surface area contributed by atoms with Crippen molar-refractivity contribution < 1.29 is 19.8 Å². The molecule has 0 bridgehead atoms. The third-order valence-electron chi connectivity index (χ3n) is 2.99. The largest absolute Gasteiger partial charge is 0.508 e. The van der Waals surface area contributed by atoms with Crippen LogP contribution in [0.5, 0.6) is 5.75 Å². The molecule has 2 heterocycles. The van der Waals surface area contributed by atoms with Crippen LogP contribution in [0.4, 0.5) is 5.69 Å². The number of nitrogens with zero attached hydrogens (tertiary/aromatic N) is 1.